The predicted molar refractivity (Wildman–Crippen MR) is 111 cm³/mol. The first-order chi connectivity index (χ1) is 12.9. The average molecular weight is 412 g/mol. The summed E-state index contributed by atoms with van der Waals surface area (Å²) >= 11 is 7.30. The summed E-state index contributed by atoms with van der Waals surface area (Å²) in [7, 11) is 0. The number of nitrogens with zero attached hydrogens (tertiary/aromatic N) is 2. The number of amides is 1. The molecule has 148 valence electrons. The van der Waals surface area contributed by atoms with Crippen LogP contribution in [0.25, 0.3) is 10.9 Å². The quantitative estimate of drug-likeness (QED) is 0.368. The molecule has 0 fully saturated rings. The molecule has 0 unspecified atom stereocenters. The van der Waals surface area contributed by atoms with E-state index in [1.165, 1.54) is 11.8 Å². The molecule has 8 heteroatoms. The van der Waals surface area contributed by atoms with Crippen molar-refractivity contribution in [1.29, 1.82) is 0 Å². The monoisotopic (exact) mass is 411 g/mol. The van der Waals surface area contributed by atoms with Crippen LogP contribution in [0.3, 0.4) is 0 Å². The first-order valence-corrected chi connectivity index (χ1v) is 10.5. The Morgan fingerprint density at radius 1 is 1.41 bits per heavy atom. The normalized spacial score (nSPS) is 11.3. The van der Waals surface area contributed by atoms with Gasteiger partial charge in [-0.25, -0.2) is 4.98 Å². The maximum absolute atomic E-state index is 12.9. The number of hydrogen-bond donors (Lipinski definition) is 1. The minimum atomic E-state index is -0.127. The molecule has 6 nitrogen and oxygen atoms in total. The zero-order valence-electron chi connectivity index (χ0n) is 16.0. The Bertz CT molecular complexity index is 839. The summed E-state index contributed by atoms with van der Waals surface area (Å²) in [5, 5.41) is 4.44. The van der Waals surface area contributed by atoms with E-state index in [0.717, 1.165) is 0 Å². The number of carbonyl (C=O) groups is 1. The molecular weight excluding hydrogens is 386 g/mol. The molecule has 1 amide bonds. The summed E-state index contributed by atoms with van der Waals surface area (Å²) < 4.78 is 6.99. The van der Waals surface area contributed by atoms with Crippen LogP contribution in [0.5, 0.6) is 0 Å². The van der Waals surface area contributed by atoms with Crippen LogP contribution >= 0.6 is 23.4 Å². The second-order valence-corrected chi connectivity index (χ2v) is 7.93. The Kier molecular flexibility index (Phi) is 8.60. The van der Waals surface area contributed by atoms with Gasteiger partial charge in [0.15, 0.2) is 5.16 Å². The van der Waals surface area contributed by atoms with Crippen molar-refractivity contribution in [3.05, 3.63) is 33.6 Å². The maximum Gasteiger partial charge on any atom is 0.262 e. The molecule has 1 aromatic heterocycles. The number of ether oxygens (including phenoxy) is 1. The Morgan fingerprint density at radius 2 is 2.19 bits per heavy atom. The van der Waals surface area contributed by atoms with E-state index in [9.17, 15) is 9.59 Å². The van der Waals surface area contributed by atoms with Gasteiger partial charge in [0.2, 0.25) is 5.91 Å². The Labute approximate surface area is 168 Å². The average Bonchev–Trinajstić information content (AvgIpc) is 2.63. The fraction of sp³-hybridized carbons (Fsp3) is 0.526. The zero-order chi connectivity index (χ0) is 19.8. The van der Waals surface area contributed by atoms with E-state index in [-0.39, 0.29) is 17.2 Å². The standard InChI is InChI=1S/C19H26ClN3O3S/c1-4-26-9-5-8-23-18(25)15-7-6-14(20)10-16(15)22-19(23)27-12-17(24)21-11-13(2)3/h6-7,10,13H,4-5,8-9,11-12H2,1-3H3,(H,21,24). The number of thioether (sulfide) groups is 1. The van der Waals surface area contributed by atoms with Gasteiger partial charge in [0.1, 0.15) is 0 Å². The minimum Gasteiger partial charge on any atom is -0.382 e. The van der Waals surface area contributed by atoms with Crippen molar-refractivity contribution in [1.82, 2.24) is 14.9 Å². The summed E-state index contributed by atoms with van der Waals surface area (Å²) in [6.45, 7) is 8.34. The molecular formula is C19H26ClN3O3S. The molecule has 0 aliphatic heterocycles. The number of benzene rings is 1. The summed E-state index contributed by atoms with van der Waals surface area (Å²) in [4.78, 5) is 29.5. The lowest BCUT2D eigenvalue weighted by Crippen LogP contribution is -2.29. The van der Waals surface area contributed by atoms with Crippen LogP contribution in [0.4, 0.5) is 0 Å². The summed E-state index contributed by atoms with van der Waals surface area (Å²) in [6.07, 6.45) is 0.696. The summed E-state index contributed by atoms with van der Waals surface area (Å²) in [6, 6.07) is 5.05. The topological polar surface area (TPSA) is 73.2 Å². The molecule has 1 aromatic carbocycles. The van der Waals surface area contributed by atoms with Crippen molar-refractivity contribution in [3.63, 3.8) is 0 Å². The molecule has 2 aromatic rings. The van der Waals surface area contributed by atoms with Crippen LogP contribution < -0.4 is 10.9 Å². The van der Waals surface area contributed by atoms with E-state index in [1.807, 2.05) is 20.8 Å². The smallest absolute Gasteiger partial charge is 0.262 e. The van der Waals surface area contributed by atoms with Gasteiger partial charge in [-0.2, -0.15) is 0 Å². The van der Waals surface area contributed by atoms with Crippen LogP contribution in [0.15, 0.2) is 28.2 Å². The minimum absolute atomic E-state index is 0.0741. The van der Waals surface area contributed by atoms with Gasteiger partial charge in [0.25, 0.3) is 5.56 Å². The van der Waals surface area contributed by atoms with Crippen molar-refractivity contribution in [2.75, 3.05) is 25.5 Å². The van der Waals surface area contributed by atoms with Gasteiger partial charge in [0.05, 0.1) is 16.7 Å². The first-order valence-electron chi connectivity index (χ1n) is 9.09. The van der Waals surface area contributed by atoms with E-state index >= 15 is 0 Å². The fourth-order valence-electron chi connectivity index (χ4n) is 2.45. The molecule has 1 heterocycles. The maximum atomic E-state index is 12.9. The van der Waals surface area contributed by atoms with E-state index in [2.05, 4.69) is 10.3 Å². The molecule has 1 N–H and O–H groups in total. The number of halogens is 1. The Hall–Kier alpha value is -1.57. The van der Waals surface area contributed by atoms with Crippen LogP contribution in [-0.4, -0.2) is 41.0 Å². The second kappa shape index (κ2) is 10.7. The highest BCUT2D eigenvalue weighted by Gasteiger charge is 2.14. The number of rotatable bonds is 10. The molecule has 0 saturated carbocycles. The van der Waals surface area contributed by atoms with Gasteiger partial charge < -0.3 is 10.1 Å². The largest absolute Gasteiger partial charge is 0.382 e. The van der Waals surface area contributed by atoms with E-state index < -0.39 is 0 Å². The molecule has 0 aliphatic carbocycles. The van der Waals surface area contributed by atoms with Crippen LogP contribution in [-0.2, 0) is 16.1 Å². The van der Waals surface area contributed by atoms with Gasteiger partial charge in [-0.15, -0.1) is 0 Å². The van der Waals surface area contributed by atoms with Crippen molar-refractivity contribution in [2.24, 2.45) is 5.92 Å². The predicted octanol–water partition coefficient (Wildman–Crippen LogP) is 3.34. The third kappa shape index (κ3) is 6.52. The SMILES string of the molecule is CCOCCCn1c(SCC(=O)NCC(C)C)nc2cc(Cl)ccc2c1=O. The molecule has 2 rings (SSSR count). The molecule has 0 atom stereocenters. The molecule has 0 aliphatic rings. The zero-order valence-corrected chi connectivity index (χ0v) is 17.5. The van der Waals surface area contributed by atoms with E-state index in [0.29, 0.717) is 59.7 Å². The molecule has 0 saturated heterocycles. The van der Waals surface area contributed by atoms with Crippen LogP contribution in [0.2, 0.25) is 5.02 Å². The van der Waals surface area contributed by atoms with Crippen molar-refractivity contribution in [3.8, 4) is 0 Å². The lowest BCUT2D eigenvalue weighted by Gasteiger charge is -2.13. The van der Waals surface area contributed by atoms with Gasteiger partial charge >= 0.3 is 0 Å². The van der Waals surface area contributed by atoms with Gasteiger partial charge in [-0.3, -0.25) is 14.2 Å². The lowest BCUT2D eigenvalue weighted by atomic mass is 10.2. The number of hydrogen-bond acceptors (Lipinski definition) is 5. The molecule has 0 radical (unpaired) electrons. The van der Waals surface area contributed by atoms with Gasteiger partial charge in [0, 0.05) is 31.3 Å². The van der Waals surface area contributed by atoms with E-state index in [1.54, 1.807) is 22.8 Å². The summed E-state index contributed by atoms with van der Waals surface area (Å²) in [5.74, 6) is 0.517. The number of carbonyl (C=O) groups excluding carboxylic acids is 1. The highest BCUT2D eigenvalue weighted by Crippen LogP contribution is 2.20. The number of nitrogens with one attached hydrogen (secondary N) is 1. The Morgan fingerprint density at radius 3 is 2.89 bits per heavy atom. The molecule has 0 bridgehead atoms. The fourth-order valence-corrected chi connectivity index (χ4v) is 3.47. The summed E-state index contributed by atoms with van der Waals surface area (Å²) in [5.41, 5.74) is 0.414. The first kappa shape index (κ1) is 21.7. The molecule has 0 spiro atoms. The third-order valence-electron chi connectivity index (χ3n) is 3.80. The molecule has 27 heavy (non-hydrogen) atoms. The Balaban J connectivity index is 2.24. The highest BCUT2D eigenvalue weighted by atomic mass is 35.5. The van der Waals surface area contributed by atoms with E-state index in [4.69, 9.17) is 16.3 Å². The highest BCUT2D eigenvalue weighted by molar-refractivity contribution is 7.99. The van der Waals surface area contributed by atoms with Crippen molar-refractivity contribution in [2.45, 2.75) is 38.9 Å². The van der Waals surface area contributed by atoms with Crippen molar-refractivity contribution < 1.29 is 9.53 Å². The lowest BCUT2D eigenvalue weighted by molar-refractivity contribution is -0.118. The number of fused-ring (bicyclic) bond motifs is 1. The van der Waals surface area contributed by atoms with Gasteiger partial charge in [-0.1, -0.05) is 37.2 Å². The van der Waals surface area contributed by atoms with Crippen LogP contribution in [0.1, 0.15) is 27.2 Å². The van der Waals surface area contributed by atoms with Gasteiger partial charge in [-0.05, 0) is 37.5 Å². The second-order valence-electron chi connectivity index (χ2n) is 6.55. The third-order valence-corrected chi connectivity index (χ3v) is 5.01. The van der Waals surface area contributed by atoms with Crippen molar-refractivity contribution >= 4 is 40.2 Å². The van der Waals surface area contributed by atoms with Crippen LogP contribution in [0, 0.1) is 5.92 Å². The number of aromatic nitrogens is 2.